The Labute approximate surface area is 220 Å². The average molecular weight is 539 g/mol. The summed E-state index contributed by atoms with van der Waals surface area (Å²) < 4.78 is 19.8. The number of allylic oxidation sites excluding steroid dienone is 2. The summed E-state index contributed by atoms with van der Waals surface area (Å²) in [5.74, 6) is -1.56. The summed E-state index contributed by atoms with van der Waals surface area (Å²) in [6.07, 6.45) is 1.35. The van der Waals surface area contributed by atoms with Crippen molar-refractivity contribution in [2.75, 3.05) is 5.75 Å². The van der Waals surface area contributed by atoms with Crippen LogP contribution in [0.1, 0.15) is 58.2 Å². The smallest absolute Gasteiger partial charge is 0.324 e. The summed E-state index contributed by atoms with van der Waals surface area (Å²) in [5, 5.41) is 29.4. The molecule has 4 atom stereocenters. The van der Waals surface area contributed by atoms with E-state index >= 15 is 0 Å². The number of nitrogens with one attached hydrogen (secondary N) is 3. The van der Waals surface area contributed by atoms with E-state index in [0.29, 0.717) is 12.2 Å². The summed E-state index contributed by atoms with van der Waals surface area (Å²) in [4.78, 5) is 41.0. The van der Waals surface area contributed by atoms with Gasteiger partial charge in [-0.05, 0) is 31.4 Å². The number of nitrogens with zero attached hydrogens (tertiary/aromatic N) is 1. The van der Waals surface area contributed by atoms with Gasteiger partial charge in [-0.3, -0.25) is 24.7 Å². The van der Waals surface area contributed by atoms with Gasteiger partial charge in [0.1, 0.15) is 24.2 Å². The van der Waals surface area contributed by atoms with E-state index in [2.05, 4.69) is 20.9 Å². The molecule has 0 aromatic carbocycles. The third kappa shape index (κ3) is 10.2. The molecule has 12 heteroatoms. The highest BCUT2D eigenvalue weighted by molar-refractivity contribution is 8.13. The standard InChI is InChI=1S/C25H35FN4O6S/c1-5-19-23(33)30-22(14(2)3)25(35)36-18(8-6-7-9-37-15(4)31)12-21(32)27-13-17-10-16(26)11-20(28-17)24(34)29-19/h5-6,8,10-11,14,18,22-24,29-30,33-34H,7,9,12-13H2,1-4H3,(H,27,32)/b8-6+,19-5-/t18-,22+,23?,24?/m1/s1. The number of aromatic nitrogens is 1. The number of aliphatic hydroxyl groups excluding tert-OH is 2. The van der Waals surface area contributed by atoms with Gasteiger partial charge in [0, 0.05) is 18.7 Å². The van der Waals surface area contributed by atoms with Crippen LogP contribution >= 0.6 is 11.8 Å². The van der Waals surface area contributed by atoms with Crippen LogP contribution in [-0.4, -0.2) is 56.3 Å². The van der Waals surface area contributed by atoms with Gasteiger partial charge in [-0.15, -0.1) is 0 Å². The summed E-state index contributed by atoms with van der Waals surface area (Å²) in [7, 11) is 0. The van der Waals surface area contributed by atoms with E-state index in [0.717, 1.165) is 23.9 Å². The monoisotopic (exact) mass is 538 g/mol. The van der Waals surface area contributed by atoms with Crippen LogP contribution in [0.15, 0.2) is 36.1 Å². The largest absolute Gasteiger partial charge is 0.456 e. The minimum Gasteiger partial charge on any atom is -0.456 e. The fourth-order valence-corrected chi connectivity index (χ4v) is 4.02. The Morgan fingerprint density at radius 1 is 1.30 bits per heavy atom. The number of fused-ring (bicyclic) bond motifs is 2. The molecule has 10 nitrogen and oxygen atoms in total. The zero-order chi connectivity index (χ0) is 27.5. The fraction of sp³-hybridized carbons (Fsp3) is 0.520. The van der Waals surface area contributed by atoms with Gasteiger partial charge in [0.15, 0.2) is 11.3 Å². The number of esters is 1. The number of carbonyl (C=O) groups is 3. The molecule has 1 aromatic rings. The van der Waals surface area contributed by atoms with Gasteiger partial charge in [-0.2, -0.15) is 0 Å². The number of cyclic esters (lactones) is 1. The summed E-state index contributed by atoms with van der Waals surface area (Å²) in [6.45, 7) is 6.49. The van der Waals surface area contributed by atoms with Crippen LogP contribution in [0.3, 0.4) is 0 Å². The average Bonchev–Trinajstić information content (AvgIpc) is 2.82. The minimum atomic E-state index is -1.47. The Bertz CT molecular complexity index is 1020. The van der Waals surface area contributed by atoms with Crippen molar-refractivity contribution in [1.82, 2.24) is 20.9 Å². The number of rotatable bonds is 5. The van der Waals surface area contributed by atoms with Crippen LogP contribution in [-0.2, 0) is 25.7 Å². The Morgan fingerprint density at radius 2 is 2.03 bits per heavy atom. The number of hydrogen-bond donors (Lipinski definition) is 5. The van der Waals surface area contributed by atoms with Crippen LogP contribution in [0.25, 0.3) is 0 Å². The molecule has 0 saturated carbocycles. The number of ether oxygens (including phenoxy) is 1. The molecule has 1 aliphatic heterocycles. The Morgan fingerprint density at radius 3 is 2.68 bits per heavy atom. The maximum absolute atomic E-state index is 14.2. The molecule has 0 saturated heterocycles. The molecule has 2 heterocycles. The predicted molar refractivity (Wildman–Crippen MR) is 137 cm³/mol. The van der Waals surface area contributed by atoms with Crippen LogP contribution < -0.4 is 16.0 Å². The van der Waals surface area contributed by atoms with Crippen molar-refractivity contribution in [2.24, 2.45) is 5.92 Å². The number of carbonyl (C=O) groups excluding carboxylic acids is 3. The maximum Gasteiger partial charge on any atom is 0.324 e. The van der Waals surface area contributed by atoms with E-state index in [1.54, 1.807) is 32.9 Å². The molecule has 0 spiro atoms. The number of aliphatic hydroxyl groups is 2. The number of amides is 1. The summed E-state index contributed by atoms with van der Waals surface area (Å²) in [6, 6.07) is 1.21. The summed E-state index contributed by atoms with van der Waals surface area (Å²) in [5.41, 5.74) is 0.257. The first-order chi connectivity index (χ1) is 17.5. The van der Waals surface area contributed by atoms with Gasteiger partial charge in [0.25, 0.3) is 0 Å². The maximum atomic E-state index is 14.2. The second kappa shape index (κ2) is 14.8. The predicted octanol–water partition coefficient (Wildman–Crippen LogP) is 1.80. The second-order valence-corrected chi connectivity index (χ2v) is 10.1. The molecule has 1 amide bonds. The normalized spacial score (nSPS) is 25.1. The molecule has 1 aliphatic rings. The van der Waals surface area contributed by atoms with Gasteiger partial charge < -0.3 is 25.6 Å². The van der Waals surface area contributed by atoms with Crippen molar-refractivity contribution in [3.8, 4) is 0 Å². The topological polar surface area (TPSA) is 150 Å². The van der Waals surface area contributed by atoms with Gasteiger partial charge >= 0.3 is 5.97 Å². The lowest BCUT2D eigenvalue weighted by atomic mass is 10.0. The highest BCUT2D eigenvalue weighted by atomic mass is 32.2. The van der Waals surface area contributed by atoms with Crippen LogP contribution in [0.4, 0.5) is 4.39 Å². The van der Waals surface area contributed by atoms with Gasteiger partial charge in [-0.25, -0.2) is 4.39 Å². The van der Waals surface area contributed by atoms with Crippen molar-refractivity contribution >= 4 is 28.8 Å². The number of thioether (sulfide) groups is 1. The Balaban J connectivity index is 2.36. The molecular formula is C25H35FN4O6S. The Hall–Kier alpha value is -2.80. The Kier molecular flexibility index (Phi) is 12.2. The van der Waals surface area contributed by atoms with E-state index in [4.69, 9.17) is 4.74 Å². The van der Waals surface area contributed by atoms with Crippen LogP contribution in [0, 0.1) is 11.7 Å². The lowest BCUT2D eigenvalue weighted by molar-refractivity contribution is -0.152. The molecule has 204 valence electrons. The quantitative estimate of drug-likeness (QED) is 0.213. The van der Waals surface area contributed by atoms with E-state index in [9.17, 15) is 29.0 Å². The van der Waals surface area contributed by atoms with Crippen molar-refractivity contribution in [2.45, 2.75) is 71.7 Å². The number of halogens is 1. The third-order valence-corrected chi connectivity index (χ3v) is 6.22. The number of hydrogen-bond acceptors (Lipinski definition) is 10. The third-order valence-electron chi connectivity index (χ3n) is 5.37. The highest BCUT2D eigenvalue weighted by Gasteiger charge is 2.30. The summed E-state index contributed by atoms with van der Waals surface area (Å²) >= 11 is 1.16. The first-order valence-corrected chi connectivity index (χ1v) is 13.0. The van der Waals surface area contributed by atoms with E-state index in [1.165, 1.54) is 13.0 Å². The van der Waals surface area contributed by atoms with Crippen molar-refractivity contribution < 1.29 is 33.7 Å². The first kappa shape index (κ1) is 30.4. The van der Waals surface area contributed by atoms with Crippen molar-refractivity contribution in [1.29, 1.82) is 0 Å². The lowest BCUT2D eigenvalue weighted by Gasteiger charge is -2.28. The fourth-order valence-electron chi connectivity index (χ4n) is 3.48. The van der Waals surface area contributed by atoms with E-state index < -0.39 is 42.3 Å². The van der Waals surface area contributed by atoms with Crippen LogP contribution in [0.2, 0.25) is 0 Å². The highest BCUT2D eigenvalue weighted by Crippen LogP contribution is 2.16. The second-order valence-electron chi connectivity index (χ2n) is 8.80. The molecule has 0 fully saturated rings. The SMILES string of the molecule is C/C=C1\NC(O)c2cc(F)cc(n2)CNC(=O)C[C@@H](/C=C/CCSC(C)=O)OC(=O)[C@H](C(C)C)NC1O. The van der Waals surface area contributed by atoms with E-state index in [1.807, 2.05) is 0 Å². The molecule has 1 aromatic heterocycles. The number of pyridine rings is 1. The molecular weight excluding hydrogens is 503 g/mol. The lowest BCUT2D eigenvalue weighted by Crippen LogP contribution is -2.50. The molecule has 5 N–H and O–H groups in total. The molecule has 37 heavy (non-hydrogen) atoms. The van der Waals surface area contributed by atoms with Crippen molar-refractivity contribution in [3.63, 3.8) is 0 Å². The van der Waals surface area contributed by atoms with Crippen molar-refractivity contribution in [3.05, 3.63) is 53.3 Å². The minimum absolute atomic E-state index is 0.00931. The van der Waals surface area contributed by atoms with Gasteiger partial charge in [-0.1, -0.05) is 37.8 Å². The zero-order valence-corrected chi connectivity index (χ0v) is 22.2. The van der Waals surface area contributed by atoms with Gasteiger partial charge in [0.2, 0.25) is 5.91 Å². The van der Waals surface area contributed by atoms with E-state index in [-0.39, 0.29) is 41.1 Å². The molecule has 0 radical (unpaired) electrons. The van der Waals surface area contributed by atoms with Crippen LogP contribution in [0.5, 0.6) is 0 Å². The zero-order valence-electron chi connectivity index (χ0n) is 21.4. The molecule has 2 unspecified atom stereocenters. The molecule has 2 rings (SSSR count). The van der Waals surface area contributed by atoms with Gasteiger partial charge in [0.05, 0.1) is 30.1 Å². The molecule has 2 bridgehead atoms. The molecule has 0 aliphatic carbocycles. The first-order valence-electron chi connectivity index (χ1n) is 12.0.